The molecule has 0 unspecified atom stereocenters. The van der Waals surface area contributed by atoms with E-state index in [0.29, 0.717) is 48.1 Å². The summed E-state index contributed by atoms with van der Waals surface area (Å²) in [6, 6.07) is 19.2. The number of fused-ring (bicyclic) bond motifs is 1. The molecule has 7 heteroatoms. The van der Waals surface area contributed by atoms with Crippen LogP contribution in [0.5, 0.6) is 17.2 Å². The molecule has 34 heavy (non-hydrogen) atoms. The lowest BCUT2D eigenvalue weighted by Crippen LogP contribution is -2.33. The summed E-state index contributed by atoms with van der Waals surface area (Å²) < 4.78 is 19.2. The Morgan fingerprint density at radius 1 is 1.09 bits per heavy atom. The predicted octanol–water partition coefficient (Wildman–Crippen LogP) is 4.22. The van der Waals surface area contributed by atoms with Crippen LogP contribution in [0.3, 0.4) is 0 Å². The molecule has 0 radical (unpaired) electrons. The van der Waals surface area contributed by atoms with E-state index in [1.807, 2.05) is 63.2 Å². The van der Waals surface area contributed by atoms with Gasteiger partial charge in [-0.25, -0.2) is 0 Å². The lowest BCUT2D eigenvalue weighted by Gasteiger charge is -2.29. The first-order valence-electron chi connectivity index (χ1n) is 11.2. The number of para-hydroxylation sites is 1. The molecule has 0 fully saturated rings. The average Bonchev–Trinajstić information content (AvgIpc) is 2.83. The summed E-state index contributed by atoms with van der Waals surface area (Å²) in [5, 5.41) is 10.0. The van der Waals surface area contributed by atoms with Crippen molar-refractivity contribution in [3.8, 4) is 23.3 Å². The topological polar surface area (TPSA) is 99.5 Å². The summed E-state index contributed by atoms with van der Waals surface area (Å²) in [6.07, 6.45) is 0. The maximum atomic E-state index is 13.9. The monoisotopic (exact) mass is 457 g/mol. The second-order valence-corrected chi connectivity index (χ2v) is 7.91. The van der Waals surface area contributed by atoms with Crippen molar-refractivity contribution < 1.29 is 14.2 Å². The van der Waals surface area contributed by atoms with Crippen molar-refractivity contribution in [1.82, 2.24) is 4.57 Å². The third-order valence-electron chi connectivity index (χ3n) is 5.78. The first-order chi connectivity index (χ1) is 16.5. The van der Waals surface area contributed by atoms with Crippen molar-refractivity contribution in [2.24, 2.45) is 5.73 Å². The Bertz CT molecular complexity index is 1340. The summed E-state index contributed by atoms with van der Waals surface area (Å²) in [4.78, 5) is 13.9. The van der Waals surface area contributed by atoms with E-state index in [-0.39, 0.29) is 17.0 Å². The van der Waals surface area contributed by atoms with Gasteiger partial charge in [0.05, 0.1) is 31.2 Å². The van der Waals surface area contributed by atoms with Crippen molar-refractivity contribution >= 4 is 0 Å². The number of rotatable bonds is 7. The minimum Gasteiger partial charge on any atom is -0.490 e. The van der Waals surface area contributed by atoms with E-state index in [0.717, 1.165) is 11.3 Å². The molecule has 0 spiro atoms. The van der Waals surface area contributed by atoms with Gasteiger partial charge in [-0.05, 0) is 32.4 Å². The number of aryl methyl sites for hydroxylation is 1. The van der Waals surface area contributed by atoms with Gasteiger partial charge in [0, 0.05) is 17.3 Å². The van der Waals surface area contributed by atoms with Gasteiger partial charge < -0.3 is 24.5 Å². The first-order valence-corrected chi connectivity index (χ1v) is 11.2. The van der Waals surface area contributed by atoms with Gasteiger partial charge in [0.25, 0.3) is 5.56 Å². The lowest BCUT2D eigenvalue weighted by molar-refractivity contribution is 0.284. The number of nitrogens with zero attached hydrogens (tertiary/aromatic N) is 2. The van der Waals surface area contributed by atoms with E-state index in [2.05, 4.69) is 6.07 Å². The molecule has 0 saturated carbocycles. The second kappa shape index (κ2) is 9.75. The zero-order chi connectivity index (χ0) is 24.2. The van der Waals surface area contributed by atoms with E-state index in [1.165, 1.54) is 0 Å². The number of ether oxygens (including phenoxy) is 3. The van der Waals surface area contributed by atoms with Gasteiger partial charge in [-0.1, -0.05) is 42.5 Å². The number of nitriles is 1. The lowest BCUT2D eigenvalue weighted by atomic mass is 9.83. The smallest absolute Gasteiger partial charge is 0.259 e. The van der Waals surface area contributed by atoms with Crippen LogP contribution in [-0.2, 0) is 6.54 Å². The molecule has 0 saturated heterocycles. The Hall–Kier alpha value is -4.18. The van der Waals surface area contributed by atoms with Gasteiger partial charge in [0.2, 0.25) is 5.88 Å². The highest BCUT2D eigenvalue weighted by molar-refractivity contribution is 5.61. The van der Waals surface area contributed by atoms with Gasteiger partial charge in [-0.15, -0.1) is 0 Å². The standard InChI is InChI=1S/C27H27N3O4/c1-4-32-21-13-9-12-19(25(21)33-5-2)23-20(15-28)26(29)34-22-14-17(3)30(27(31)24(22)23)16-18-10-7-6-8-11-18/h6-14,23H,4-5,16,29H2,1-3H3/t23-/m1/s1. The fraction of sp³-hybridized carbons (Fsp3) is 0.259. The molecule has 2 aromatic carbocycles. The molecule has 4 rings (SSSR count). The van der Waals surface area contributed by atoms with E-state index in [4.69, 9.17) is 19.9 Å². The number of benzene rings is 2. The van der Waals surface area contributed by atoms with Crippen molar-refractivity contribution in [3.05, 3.63) is 98.8 Å². The van der Waals surface area contributed by atoms with E-state index < -0.39 is 5.92 Å². The fourth-order valence-corrected chi connectivity index (χ4v) is 4.29. The molecular formula is C27H27N3O4. The van der Waals surface area contributed by atoms with Crippen molar-refractivity contribution in [3.63, 3.8) is 0 Å². The molecule has 0 amide bonds. The molecule has 0 aliphatic carbocycles. The third-order valence-corrected chi connectivity index (χ3v) is 5.78. The van der Waals surface area contributed by atoms with Crippen LogP contribution >= 0.6 is 0 Å². The van der Waals surface area contributed by atoms with Gasteiger partial charge in [-0.3, -0.25) is 4.79 Å². The van der Waals surface area contributed by atoms with Crippen LogP contribution in [0.1, 0.15) is 42.1 Å². The fourth-order valence-electron chi connectivity index (χ4n) is 4.29. The number of hydrogen-bond acceptors (Lipinski definition) is 6. The van der Waals surface area contributed by atoms with Gasteiger partial charge in [-0.2, -0.15) is 5.26 Å². The first kappa shape index (κ1) is 23.0. The minimum atomic E-state index is -0.758. The largest absolute Gasteiger partial charge is 0.490 e. The molecular weight excluding hydrogens is 430 g/mol. The number of hydrogen-bond donors (Lipinski definition) is 1. The molecule has 2 heterocycles. The zero-order valence-corrected chi connectivity index (χ0v) is 19.5. The van der Waals surface area contributed by atoms with E-state index in [1.54, 1.807) is 16.7 Å². The second-order valence-electron chi connectivity index (χ2n) is 7.91. The summed E-state index contributed by atoms with van der Waals surface area (Å²) in [5.74, 6) is 0.592. The van der Waals surface area contributed by atoms with Gasteiger partial charge >= 0.3 is 0 Å². The van der Waals surface area contributed by atoms with Crippen LogP contribution in [0, 0.1) is 18.3 Å². The normalized spacial score (nSPS) is 14.7. The molecule has 1 atom stereocenters. The highest BCUT2D eigenvalue weighted by Crippen LogP contribution is 2.46. The van der Waals surface area contributed by atoms with Crippen LogP contribution in [0.2, 0.25) is 0 Å². The molecule has 1 aromatic heterocycles. The van der Waals surface area contributed by atoms with Crippen LogP contribution in [0.4, 0.5) is 0 Å². The maximum absolute atomic E-state index is 13.9. The molecule has 1 aliphatic heterocycles. The highest BCUT2D eigenvalue weighted by atomic mass is 16.5. The predicted molar refractivity (Wildman–Crippen MR) is 129 cm³/mol. The zero-order valence-electron chi connectivity index (χ0n) is 19.5. The Morgan fingerprint density at radius 3 is 2.50 bits per heavy atom. The number of allylic oxidation sites excluding steroid dienone is 1. The minimum absolute atomic E-state index is 0.0242. The van der Waals surface area contributed by atoms with E-state index in [9.17, 15) is 10.1 Å². The van der Waals surface area contributed by atoms with Crippen molar-refractivity contribution in [1.29, 1.82) is 5.26 Å². The summed E-state index contributed by atoms with van der Waals surface area (Å²) >= 11 is 0. The van der Waals surface area contributed by atoms with Gasteiger partial charge in [0.15, 0.2) is 11.5 Å². The molecule has 2 N–H and O–H groups in total. The van der Waals surface area contributed by atoms with E-state index >= 15 is 0 Å². The van der Waals surface area contributed by atoms with Crippen LogP contribution in [0.15, 0.2) is 70.8 Å². The SMILES string of the molecule is CCOc1cccc([C@@H]2C(C#N)=C(N)Oc3cc(C)n(Cc4ccccc4)c(=O)c32)c1OCC. The number of pyridine rings is 1. The molecule has 7 nitrogen and oxygen atoms in total. The summed E-state index contributed by atoms with van der Waals surface area (Å²) in [7, 11) is 0. The number of aromatic nitrogens is 1. The Labute approximate surface area is 198 Å². The molecule has 0 bridgehead atoms. The molecule has 174 valence electrons. The Balaban J connectivity index is 1.97. The summed E-state index contributed by atoms with van der Waals surface area (Å²) in [6.45, 7) is 6.83. The van der Waals surface area contributed by atoms with Crippen molar-refractivity contribution in [2.75, 3.05) is 13.2 Å². The summed E-state index contributed by atoms with van der Waals surface area (Å²) in [5.41, 5.74) is 8.79. The Kier molecular flexibility index (Phi) is 6.60. The molecule has 1 aliphatic rings. The maximum Gasteiger partial charge on any atom is 0.259 e. The van der Waals surface area contributed by atoms with Crippen molar-refractivity contribution in [2.45, 2.75) is 33.2 Å². The molecule has 3 aromatic rings. The van der Waals surface area contributed by atoms with Crippen LogP contribution in [0.25, 0.3) is 0 Å². The highest BCUT2D eigenvalue weighted by Gasteiger charge is 2.36. The Morgan fingerprint density at radius 2 is 1.82 bits per heavy atom. The van der Waals surface area contributed by atoms with Crippen LogP contribution in [-0.4, -0.2) is 17.8 Å². The quantitative estimate of drug-likeness (QED) is 0.570. The third kappa shape index (κ3) is 4.11. The van der Waals surface area contributed by atoms with Gasteiger partial charge in [0.1, 0.15) is 17.4 Å². The number of nitrogens with two attached hydrogens (primary N) is 1. The average molecular weight is 458 g/mol. The van der Waals surface area contributed by atoms with Crippen LogP contribution < -0.4 is 25.5 Å².